The number of pyridine rings is 2. The van der Waals surface area contributed by atoms with Crippen molar-refractivity contribution in [2.45, 2.75) is 20.5 Å². The van der Waals surface area contributed by atoms with Gasteiger partial charge in [-0.25, -0.2) is 9.97 Å². The zero-order valence-corrected chi connectivity index (χ0v) is 20.6. The highest BCUT2D eigenvalue weighted by Crippen LogP contribution is 2.34. The van der Waals surface area contributed by atoms with Crippen molar-refractivity contribution in [2.75, 3.05) is 0 Å². The van der Waals surface area contributed by atoms with Gasteiger partial charge >= 0.3 is 0 Å². The molecule has 0 atom stereocenters. The van der Waals surface area contributed by atoms with Crippen molar-refractivity contribution in [1.82, 2.24) is 24.7 Å². The van der Waals surface area contributed by atoms with Crippen LogP contribution in [0.15, 0.2) is 54.4 Å². The fraction of sp³-hybridized carbons (Fsp3) is 0.154. The predicted octanol–water partition coefficient (Wildman–Crippen LogP) is 6.51. The Kier molecular flexibility index (Phi) is 6.13. The van der Waals surface area contributed by atoms with Gasteiger partial charge in [-0.1, -0.05) is 29.8 Å². The van der Waals surface area contributed by atoms with Gasteiger partial charge in [0.25, 0.3) is 0 Å². The third-order valence-electron chi connectivity index (χ3n) is 5.63. The molecule has 0 aliphatic rings. The second kappa shape index (κ2) is 9.37. The molecule has 4 aromatic heterocycles. The lowest BCUT2D eigenvalue weighted by molar-refractivity contribution is 0.309. The third kappa shape index (κ3) is 4.32. The van der Waals surface area contributed by atoms with Crippen molar-refractivity contribution >= 4 is 46.0 Å². The van der Waals surface area contributed by atoms with Crippen LogP contribution in [0.1, 0.15) is 27.4 Å². The van der Waals surface area contributed by atoms with E-state index in [-0.39, 0.29) is 0 Å². The van der Waals surface area contributed by atoms with Gasteiger partial charge < -0.3 is 4.74 Å². The Labute approximate surface area is 206 Å². The minimum Gasteiger partial charge on any atom is -0.487 e. The summed E-state index contributed by atoms with van der Waals surface area (Å²) in [5, 5.41) is 5.89. The predicted molar refractivity (Wildman–Crippen MR) is 138 cm³/mol. The molecule has 0 spiro atoms. The first-order valence-electron chi connectivity index (χ1n) is 10.7. The summed E-state index contributed by atoms with van der Waals surface area (Å²) >= 11 is 8.13. The van der Waals surface area contributed by atoms with Crippen LogP contribution < -0.4 is 4.74 Å². The van der Waals surface area contributed by atoms with Crippen LogP contribution >= 0.6 is 22.9 Å². The molecule has 0 unspecified atom stereocenters. The van der Waals surface area contributed by atoms with E-state index in [1.54, 1.807) is 29.9 Å². The lowest BCUT2D eigenvalue weighted by Gasteiger charge is -2.14. The van der Waals surface area contributed by atoms with Crippen molar-refractivity contribution in [2.24, 2.45) is 7.05 Å². The van der Waals surface area contributed by atoms with E-state index in [4.69, 9.17) is 21.3 Å². The fourth-order valence-corrected chi connectivity index (χ4v) is 4.79. The molecule has 8 heteroatoms. The van der Waals surface area contributed by atoms with E-state index in [0.717, 1.165) is 49.6 Å². The summed E-state index contributed by atoms with van der Waals surface area (Å²) in [6.45, 7) is 4.27. The molecule has 5 aromatic rings. The van der Waals surface area contributed by atoms with Gasteiger partial charge in [0.15, 0.2) is 0 Å². The number of fused-ring (bicyclic) bond motifs is 1. The SMILES string of the molecule is Cc1cc(-c2ccnn2C)c2cccc(OCc3c(Cl)cncc3C=Cc3scnc3C)c2n1. The van der Waals surface area contributed by atoms with Crippen LogP contribution in [0.4, 0.5) is 0 Å². The second-order valence-corrected chi connectivity index (χ2v) is 9.21. The number of aryl methyl sites for hydroxylation is 3. The van der Waals surface area contributed by atoms with E-state index < -0.39 is 0 Å². The Bertz CT molecular complexity index is 1520. The van der Waals surface area contributed by atoms with Gasteiger partial charge in [-0.15, -0.1) is 11.3 Å². The Hall–Kier alpha value is -3.55. The zero-order valence-electron chi connectivity index (χ0n) is 19.0. The van der Waals surface area contributed by atoms with E-state index in [1.807, 2.05) is 61.4 Å². The quantitative estimate of drug-likeness (QED) is 0.273. The number of benzene rings is 1. The monoisotopic (exact) mass is 487 g/mol. The Balaban J connectivity index is 1.50. The summed E-state index contributed by atoms with van der Waals surface area (Å²) in [5.74, 6) is 0.700. The minimum atomic E-state index is 0.290. The van der Waals surface area contributed by atoms with Gasteiger partial charge in [0.05, 0.1) is 21.9 Å². The largest absolute Gasteiger partial charge is 0.487 e. The number of aromatic nitrogens is 5. The summed E-state index contributed by atoms with van der Waals surface area (Å²) in [4.78, 5) is 14.5. The second-order valence-electron chi connectivity index (χ2n) is 7.92. The molecule has 0 saturated heterocycles. The molecular formula is C26H22ClN5OS. The molecule has 0 N–H and O–H groups in total. The molecule has 0 amide bonds. The average molecular weight is 488 g/mol. The number of rotatable bonds is 6. The molecule has 0 bridgehead atoms. The number of ether oxygens (including phenoxy) is 1. The standard InChI is InChI=1S/C26H22ClN5OS/c1-16-11-20(23-9-10-30-32(23)3)19-5-4-6-24(26(19)31-16)33-14-21-18(12-28-13-22(21)27)7-8-25-17(2)29-15-34-25/h4-13,15H,14H2,1-3H3. The first kappa shape index (κ1) is 22.3. The maximum Gasteiger partial charge on any atom is 0.146 e. The molecule has 34 heavy (non-hydrogen) atoms. The lowest BCUT2D eigenvalue weighted by Crippen LogP contribution is -2.02. The normalized spacial score (nSPS) is 11.5. The van der Waals surface area contributed by atoms with Crippen molar-refractivity contribution in [3.05, 3.63) is 86.8 Å². The van der Waals surface area contributed by atoms with Crippen LogP contribution in [0.2, 0.25) is 5.02 Å². The Morgan fingerprint density at radius 2 is 2.03 bits per heavy atom. The number of nitrogens with zero attached hydrogens (tertiary/aromatic N) is 5. The van der Waals surface area contributed by atoms with Crippen molar-refractivity contribution < 1.29 is 4.74 Å². The van der Waals surface area contributed by atoms with E-state index >= 15 is 0 Å². The van der Waals surface area contributed by atoms with Crippen molar-refractivity contribution in [1.29, 1.82) is 0 Å². The van der Waals surface area contributed by atoms with Gasteiger partial charge in [0.2, 0.25) is 0 Å². The van der Waals surface area contributed by atoms with E-state index in [2.05, 4.69) is 27.2 Å². The highest BCUT2D eigenvalue weighted by molar-refractivity contribution is 7.10. The maximum absolute atomic E-state index is 6.53. The molecule has 4 heterocycles. The average Bonchev–Trinajstić information content (AvgIpc) is 3.44. The summed E-state index contributed by atoms with van der Waals surface area (Å²) in [5.41, 5.74) is 8.41. The molecule has 0 aliphatic carbocycles. The van der Waals surface area contributed by atoms with Crippen LogP contribution in [0, 0.1) is 13.8 Å². The van der Waals surface area contributed by atoms with Gasteiger partial charge in [0, 0.05) is 58.3 Å². The maximum atomic E-state index is 6.53. The molecule has 0 fully saturated rings. The third-order valence-corrected chi connectivity index (χ3v) is 6.86. The van der Waals surface area contributed by atoms with Crippen LogP contribution in [0.3, 0.4) is 0 Å². The van der Waals surface area contributed by atoms with E-state index in [9.17, 15) is 0 Å². The molecule has 0 radical (unpaired) electrons. The van der Waals surface area contributed by atoms with Crippen LogP contribution in [0.5, 0.6) is 5.75 Å². The highest BCUT2D eigenvalue weighted by atomic mass is 35.5. The molecular weight excluding hydrogens is 466 g/mol. The van der Waals surface area contributed by atoms with Gasteiger partial charge in [-0.2, -0.15) is 5.10 Å². The number of para-hydroxylation sites is 1. The number of halogens is 1. The summed E-state index contributed by atoms with van der Waals surface area (Å²) < 4.78 is 8.17. The van der Waals surface area contributed by atoms with E-state index in [0.29, 0.717) is 17.4 Å². The molecule has 6 nitrogen and oxygen atoms in total. The van der Waals surface area contributed by atoms with Crippen molar-refractivity contribution in [3.8, 4) is 17.0 Å². The molecule has 0 aliphatic heterocycles. The topological polar surface area (TPSA) is 65.7 Å². The van der Waals surface area contributed by atoms with Gasteiger partial charge in [-0.3, -0.25) is 9.67 Å². The van der Waals surface area contributed by atoms with Crippen LogP contribution in [0.25, 0.3) is 34.3 Å². The van der Waals surface area contributed by atoms with Gasteiger partial charge in [0.1, 0.15) is 17.9 Å². The van der Waals surface area contributed by atoms with Crippen LogP contribution in [-0.4, -0.2) is 24.7 Å². The van der Waals surface area contributed by atoms with Crippen molar-refractivity contribution in [3.63, 3.8) is 0 Å². The molecule has 170 valence electrons. The first-order valence-corrected chi connectivity index (χ1v) is 12.0. The Morgan fingerprint density at radius 3 is 2.79 bits per heavy atom. The number of thiazole rings is 1. The van der Waals surface area contributed by atoms with E-state index in [1.165, 1.54) is 0 Å². The number of hydrogen-bond donors (Lipinski definition) is 0. The summed E-state index contributed by atoms with van der Waals surface area (Å²) in [7, 11) is 1.94. The Morgan fingerprint density at radius 1 is 1.15 bits per heavy atom. The summed E-state index contributed by atoms with van der Waals surface area (Å²) in [6, 6.07) is 10.1. The summed E-state index contributed by atoms with van der Waals surface area (Å²) in [6.07, 6.45) is 9.27. The molecule has 0 saturated carbocycles. The lowest BCUT2D eigenvalue weighted by atomic mass is 10.0. The number of hydrogen-bond acceptors (Lipinski definition) is 6. The highest BCUT2D eigenvalue weighted by Gasteiger charge is 2.14. The molecule has 5 rings (SSSR count). The minimum absolute atomic E-state index is 0.290. The zero-order chi connectivity index (χ0) is 23.7. The van der Waals surface area contributed by atoms with Crippen LogP contribution in [-0.2, 0) is 13.7 Å². The molecule has 1 aromatic carbocycles. The fourth-order valence-electron chi connectivity index (χ4n) is 3.88. The first-order chi connectivity index (χ1) is 16.5. The van der Waals surface area contributed by atoms with Gasteiger partial charge in [-0.05, 0) is 38.1 Å². The smallest absolute Gasteiger partial charge is 0.146 e.